The van der Waals surface area contributed by atoms with Crippen LogP contribution < -0.4 is 10.0 Å². The van der Waals surface area contributed by atoms with Crippen LogP contribution in [0.25, 0.3) is 0 Å². The number of carbonyl (C=O) groups is 1. The van der Waals surface area contributed by atoms with Gasteiger partial charge in [0.15, 0.2) is 0 Å². The average Bonchev–Trinajstić information content (AvgIpc) is 2.49. The molecule has 6 heteroatoms. The maximum Gasteiger partial charge on any atom is 0.252 e. The van der Waals surface area contributed by atoms with Gasteiger partial charge in [-0.1, -0.05) is 36.4 Å². The molecule has 0 aromatic heterocycles. The van der Waals surface area contributed by atoms with Crippen LogP contribution in [-0.4, -0.2) is 20.6 Å². The minimum Gasteiger partial charge on any atom is -0.346 e. The van der Waals surface area contributed by atoms with E-state index in [4.69, 9.17) is 0 Å². The van der Waals surface area contributed by atoms with E-state index >= 15 is 0 Å². The molecular weight excluding hydrogens is 312 g/mol. The highest BCUT2D eigenvalue weighted by molar-refractivity contribution is 7.92. The second-order valence-corrected chi connectivity index (χ2v) is 7.21. The monoisotopic (exact) mass is 332 g/mol. The van der Waals surface area contributed by atoms with Crippen molar-refractivity contribution in [1.29, 1.82) is 0 Å². The molecule has 2 rings (SSSR count). The first kappa shape index (κ1) is 17.0. The Labute approximate surface area is 136 Å². The molecule has 2 N–H and O–H groups in total. The van der Waals surface area contributed by atoms with Crippen LogP contribution in [0.3, 0.4) is 0 Å². The molecule has 0 bridgehead atoms. The number of nitrogens with one attached hydrogen (secondary N) is 2. The Kier molecular flexibility index (Phi) is 5.05. The maximum atomic E-state index is 12.5. The smallest absolute Gasteiger partial charge is 0.252 e. The number of anilines is 1. The molecule has 23 heavy (non-hydrogen) atoms. The van der Waals surface area contributed by atoms with Gasteiger partial charge in [0.25, 0.3) is 5.91 Å². The van der Waals surface area contributed by atoms with Crippen LogP contribution in [0, 0.1) is 6.92 Å². The number of hydrogen-bond acceptors (Lipinski definition) is 3. The molecule has 1 amide bonds. The maximum absolute atomic E-state index is 12.5. The molecule has 2 aromatic carbocycles. The second-order valence-electron chi connectivity index (χ2n) is 5.46. The lowest BCUT2D eigenvalue weighted by molar-refractivity contribution is 0.0939. The van der Waals surface area contributed by atoms with Crippen molar-refractivity contribution in [3.8, 4) is 0 Å². The van der Waals surface area contributed by atoms with Crippen molar-refractivity contribution in [1.82, 2.24) is 5.32 Å². The Balaban J connectivity index is 2.21. The second kappa shape index (κ2) is 6.83. The first-order valence-corrected chi connectivity index (χ1v) is 9.10. The van der Waals surface area contributed by atoms with Gasteiger partial charge < -0.3 is 5.32 Å². The van der Waals surface area contributed by atoms with Gasteiger partial charge in [0, 0.05) is 5.56 Å². The van der Waals surface area contributed by atoms with Gasteiger partial charge in [0.05, 0.1) is 18.0 Å². The first-order valence-electron chi connectivity index (χ1n) is 7.21. The minimum absolute atomic E-state index is 0.144. The molecule has 0 spiro atoms. The highest BCUT2D eigenvalue weighted by atomic mass is 32.2. The highest BCUT2D eigenvalue weighted by Crippen LogP contribution is 2.21. The summed E-state index contributed by atoms with van der Waals surface area (Å²) in [5.41, 5.74) is 2.45. The zero-order valence-electron chi connectivity index (χ0n) is 13.3. The molecule has 2 aromatic rings. The van der Waals surface area contributed by atoms with Crippen molar-refractivity contribution < 1.29 is 13.2 Å². The van der Waals surface area contributed by atoms with Crippen LogP contribution in [0.15, 0.2) is 48.5 Å². The molecule has 0 radical (unpaired) electrons. The van der Waals surface area contributed by atoms with Crippen LogP contribution in [0.1, 0.15) is 34.5 Å². The summed E-state index contributed by atoms with van der Waals surface area (Å²) in [5, 5.41) is 2.93. The van der Waals surface area contributed by atoms with Crippen LogP contribution >= 0.6 is 0 Å². The summed E-state index contributed by atoms with van der Waals surface area (Å²) < 4.78 is 25.2. The van der Waals surface area contributed by atoms with Crippen molar-refractivity contribution in [3.05, 3.63) is 65.2 Å². The number of hydrogen-bond donors (Lipinski definition) is 2. The molecule has 0 heterocycles. The third-order valence-corrected chi connectivity index (χ3v) is 4.11. The molecular formula is C17H20N2O3S. The number of benzene rings is 2. The van der Waals surface area contributed by atoms with E-state index in [1.165, 1.54) is 0 Å². The van der Waals surface area contributed by atoms with E-state index in [0.29, 0.717) is 16.8 Å². The summed E-state index contributed by atoms with van der Waals surface area (Å²) >= 11 is 0. The van der Waals surface area contributed by atoms with E-state index in [-0.39, 0.29) is 11.9 Å². The molecule has 0 fully saturated rings. The number of carbonyl (C=O) groups excluding carboxylic acids is 1. The Hall–Kier alpha value is -2.34. The molecule has 5 nitrogen and oxygen atoms in total. The lowest BCUT2D eigenvalue weighted by atomic mass is 10.0. The SMILES string of the molecule is Cc1c(NS(C)(=O)=O)cccc1C(=O)NC(C)c1ccccc1. The molecule has 1 unspecified atom stereocenters. The van der Waals surface area contributed by atoms with Crippen molar-refractivity contribution in [3.63, 3.8) is 0 Å². The molecule has 0 aliphatic rings. The third-order valence-electron chi connectivity index (χ3n) is 3.52. The van der Waals surface area contributed by atoms with Gasteiger partial charge in [-0.15, -0.1) is 0 Å². The van der Waals surface area contributed by atoms with Crippen LogP contribution in [-0.2, 0) is 10.0 Å². The van der Waals surface area contributed by atoms with Gasteiger partial charge in [-0.2, -0.15) is 0 Å². The fourth-order valence-electron chi connectivity index (χ4n) is 2.29. The van der Waals surface area contributed by atoms with Gasteiger partial charge in [-0.05, 0) is 37.1 Å². The van der Waals surface area contributed by atoms with Gasteiger partial charge in [-0.25, -0.2) is 8.42 Å². The Bertz CT molecular complexity index is 802. The van der Waals surface area contributed by atoms with Crippen LogP contribution in [0.5, 0.6) is 0 Å². The fraction of sp³-hybridized carbons (Fsp3) is 0.235. The van der Waals surface area contributed by atoms with Crippen LogP contribution in [0.2, 0.25) is 0 Å². The molecule has 0 saturated heterocycles. The summed E-state index contributed by atoms with van der Waals surface area (Å²) in [6, 6.07) is 14.5. The van der Waals surface area contributed by atoms with Crippen LogP contribution in [0.4, 0.5) is 5.69 Å². The van der Waals surface area contributed by atoms with Crippen molar-refractivity contribution in [2.45, 2.75) is 19.9 Å². The van der Waals surface area contributed by atoms with E-state index < -0.39 is 10.0 Å². The fourth-order valence-corrected chi connectivity index (χ4v) is 2.91. The van der Waals surface area contributed by atoms with Gasteiger partial charge in [0.1, 0.15) is 0 Å². The van der Waals surface area contributed by atoms with Gasteiger partial charge in [0.2, 0.25) is 10.0 Å². The Morgan fingerprint density at radius 2 is 1.70 bits per heavy atom. The predicted molar refractivity (Wildman–Crippen MR) is 92.0 cm³/mol. The lowest BCUT2D eigenvalue weighted by Crippen LogP contribution is -2.27. The Morgan fingerprint density at radius 1 is 1.04 bits per heavy atom. The van der Waals surface area contributed by atoms with Gasteiger partial charge in [-0.3, -0.25) is 9.52 Å². The normalized spacial score (nSPS) is 12.5. The van der Waals surface area contributed by atoms with E-state index in [2.05, 4.69) is 10.0 Å². The van der Waals surface area contributed by atoms with Gasteiger partial charge >= 0.3 is 0 Å². The zero-order valence-corrected chi connectivity index (χ0v) is 14.1. The van der Waals surface area contributed by atoms with Crippen molar-refractivity contribution in [2.75, 3.05) is 11.0 Å². The number of sulfonamides is 1. The third kappa shape index (κ3) is 4.56. The van der Waals surface area contributed by atoms with E-state index in [1.54, 1.807) is 25.1 Å². The molecule has 0 saturated carbocycles. The molecule has 0 aliphatic carbocycles. The standard InChI is InChI=1S/C17H20N2O3S/c1-12-15(10-7-11-16(12)19-23(3,21)22)17(20)18-13(2)14-8-5-4-6-9-14/h4-11,13,19H,1-3H3,(H,18,20). The highest BCUT2D eigenvalue weighted by Gasteiger charge is 2.16. The predicted octanol–water partition coefficient (Wildman–Crippen LogP) is 2.86. The quantitative estimate of drug-likeness (QED) is 0.884. The van der Waals surface area contributed by atoms with Crippen molar-refractivity contribution >= 4 is 21.6 Å². The zero-order chi connectivity index (χ0) is 17.0. The summed E-state index contributed by atoms with van der Waals surface area (Å²) in [5.74, 6) is -0.240. The van der Waals surface area contributed by atoms with E-state index in [9.17, 15) is 13.2 Å². The Morgan fingerprint density at radius 3 is 2.30 bits per heavy atom. The molecule has 0 aliphatic heterocycles. The largest absolute Gasteiger partial charge is 0.346 e. The molecule has 122 valence electrons. The van der Waals surface area contributed by atoms with E-state index in [1.807, 2.05) is 37.3 Å². The lowest BCUT2D eigenvalue weighted by Gasteiger charge is -2.16. The summed E-state index contributed by atoms with van der Waals surface area (Å²) in [6.45, 7) is 3.62. The summed E-state index contributed by atoms with van der Waals surface area (Å²) in [7, 11) is -3.39. The average molecular weight is 332 g/mol. The van der Waals surface area contributed by atoms with E-state index in [0.717, 1.165) is 11.8 Å². The first-order chi connectivity index (χ1) is 10.8. The summed E-state index contributed by atoms with van der Waals surface area (Å²) in [4.78, 5) is 12.5. The summed E-state index contributed by atoms with van der Waals surface area (Å²) in [6.07, 6.45) is 1.08. The number of rotatable bonds is 5. The van der Waals surface area contributed by atoms with Crippen molar-refractivity contribution in [2.24, 2.45) is 0 Å². The topological polar surface area (TPSA) is 75.3 Å². The number of amides is 1. The minimum atomic E-state index is -3.39. The molecule has 1 atom stereocenters.